The normalized spacial score (nSPS) is 13.2. The van der Waals surface area contributed by atoms with Gasteiger partial charge in [0.25, 0.3) is 0 Å². The average molecular weight is 277 g/mol. The van der Waals surface area contributed by atoms with Crippen molar-refractivity contribution in [3.05, 3.63) is 35.4 Å². The van der Waals surface area contributed by atoms with E-state index in [1.807, 2.05) is 0 Å². The molecule has 0 bridgehead atoms. The predicted octanol–water partition coefficient (Wildman–Crippen LogP) is 4.84. The van der Waals surface area contributed by atoms with Crippen molar-refractivity contribution < 1.29 is 8.78 Å². The maximum absolute atomic E-state index is 13.5. The van der Waals surface area contributed by atoms with E-state index in [9.17, 15) is 8.78 Å². The Balaban J connectivity index is 2.94. The molecule has 1 aromatic rings. The van der Waals surface area contributed by atoms with Crippen LogP contribution in [0.2, 0.25) is 0 Å². The van der Waals surface area contributed by atoms with Gasteiger partial charge < -0.3 is 0 Å². The summed E-state index contributed by atoms with van der Waals surface area (Å²) < 4.78 is 26.2. The van der Waals surface area contributed by atoms with Gasteiger partial charge in [-0.1, -0.05) is 48.7 Å². The van der Waals surface area contributed by atoms with E-state index in [2.05, 4.69) is 29.8 Å². The van der Waals surface area contributed by atoms with Crippen LogP contribution < -0.4 is 0 Å². The van der Waals surface area contributed by atoms with Crippen LogP contribution in [0.5, 0.6) is 0 Å². The lowest BCUT2D eigenvalue weighted by molar-refractivity contribution is 0.470. The summed E-state index contributed by atoms with van der Waals surface area (Å²) in [6.45, 7) is 4.15. The van der Waals surface area contributed by atoms with Crippen LogP contribution in [0.15, 0.2) is 18.2 Å². The van der Waals surface area contributed by atoms with Crippen molar-refractivity contribution in [2.45, 2.75) is 31.5 Å². The Kier molecular flexibility index (Phi) is 4.71. The fourth-order valence-corrected chi connectivity index (χ4v) is 2.80. The SMILES string of the molecule is CCC(CC)C(Br)c1ccc(F)cc1F. The molecule has 0 aliphatic heterocycles. The monoisotopic (exact) mass is 276 g/mol. The van der Waals surface area contributed by atoms with Gasteiger partial charge in [0, 0.05) is 16.5 Å². The molecule has 0 aliphatic rings. The second-order valence-corrected chi connectivity index (χ2v) is 4.63. The summed E-state index contributed by atoms with van der Waals surface area (Å²) in [6, 6.07) is 3.75. The molecule has 3 heteroatoms. The fraction of sp³-hybridized carbons (Fsp3) is 0.500. The largest absolute Gasteiger partial charge is 0.207 e. The Hall–Kier alpha value is -0.440. The van der Waals surface area contributed by atoms with E-state index >= 15 is 0 Å². The van der Waals surface area contributed by atoms with Crippen molar-refractivity contribution in [1.82, 2.24) is 0 Å². The van der Waals surface area contributed by atoms with E-state index in [4.69, 9.17) is 0 Å². The summed E-state index contributed by atoms with van der Waals surface area (Å²) in [6.07, 6.45) is 1.95. The quantitative estimate of drug-likeness (QED) is 0.691. The molecule has 0 spiro atoms. The molecule has 1 aromatic carbocycles. The Morgan fingerprint density at radius 1 is 1.20 bits per heavy atom. The third kappa shape index (κ3) is 3.00. The highest BCUT2D eigenvalue weighted by Crippen LogP contribution is 2.36. The van der Waals surface area contributed by atoms with Crippen molar-refractivity contribution in [1.29, 1.82) is 0 Å². The van der Waals surface area contributed by atoms with Gasteiger partial charge in [-0.15, -0.1) is 0 Å². The third-order valence-electron chi connectivity index (χ3n) is 2.72. The summed E-state index contributed by atoms with van der Waals surface area (Å²) in [5, 5.41) is 0. The van der Waals surface area contributed by atoms with Gasteiger partial charge in [-0.25, -0.2) is 8.78 Å². The highest BCUT2D eigenvalue weighted by Gasteiger charge is 2.20. The van der Waals surface area contributed by atoms with Crippen molar-refractivity contribution in [3.63, 3.8) is 0 Å². The highest BCUT2D eigenvalue weighted by atomic mass is 79.9. The van der Waals surface area contributed by atoms with Gasteiger partial charge >= 0.3 is 0 Å². The number of alkyl halides is 1. The molecule has 1 rings (SSSR count). The zero-order valence-corrected chi connectivity index (χ0v) is 10.5. The minimum absolute atomic E-state index is 0.0342. The summed E-state index contributed by atoms with van der Waals surface area (Å²) in [5.74, 6) is -0.616. The number of benzene rings is 1. The van der Waals surface area contributed by atoms with Crippen LogP contribution in [-0.4, -0.2) is 0 Å². The van der Waals surface area contributed by atoms with Gasteiger partial charge in [-0.2, -0.15) is 0 Å². The second kappa shape index (κ2) is 5.59. The molecule has 0 fully saturated rings. The maximum atomic E-state index is 13.5. The lowest BCUT2D eigenvalue weighted by atomic mass is 9.94. The Bertz CT molecular complexity index is 321. The first-order valence-corrected chi connectivity index (χ1v) is 6.10. The van der Waals surface area contributed by atoms with Crippen LogP contribution in [0.1, 0.15) is 37.1 Å². The van der Waals surface area contributed by atoms with Gasteiger partial charge in [0.2, 0.25) is 0 Å². The minimum Gasteiger partial charge on any atom is -0.207 e. The fourth-order valence-electron chi connectivity index (χ4n) is 1.68. The molecule has 0 aliphatic carbocycles. The molecular formula is C12H15BrF2. The van der Waals surface area contributed by atoms with Gasteiger partial charge in [-0.3, -0.25) is 0 Å². The van der Waals surface area contributed by atoms with E-state index in [1.165, 1.54) is 12.1 Å². The molecule has 84 valence electrons. The van der Waals surface area contributed by atoms with Crippen LogP contribution in [0, 0.1) is 17.6 Å². The molecule has 0 nitrogen and oxygen atoms in total. The van der Waals surface area contributed by atoms with E-state index in [0.29, 0.717) is 11.5 Å². The Labute approximate surface area is 97.8 Å². The first-order chi connectivity index (χ1) is 7.10. The highest BCUT2D eigenvalue weighted by molar-refractivity contribution is 9.09. The van der Waals surface area contributed by atoms with Gasteiger partial charge in [0.15, 0.2) is 0 Å². The van der Waals surface area contributed by atoms with E-state index in [-0.39, 0.29) is 4.83 Å². The van der Waals surface area contributed by atoms with Crippen molar-refractivity contribution >= 4 is 15.9 Å². The zero-order valence-electron chi connectivity index (χ0n) is 8.93. The molecule has 0 heterocycles. The van der Waals surface area contributed by atoms with Crippen molar-refractivity contribution in [3.8, 4) is 0 Å². The molecular weight excluding hydrogens is 262 g/mol. The first-order valence-electron chi connectivity index (χ1n) is 5.19. The summed E-state index contributed by atoms with van der Waals surface area (Å²) in [4.78, 5) is -0.0342. The minimum atomic E-state index is -0.527. The molecule has 1 atom stereocenters. The summed E-state index contributed by atoms with van der Waals surface area (Å²) >= 11 is 3.49. The number of rotatable bonds is 4. The van der Waals surface area contributed by atoms with Gasteiger partial charge in [-0.05, 0) is 12.0 Å². The van der Waals surface area contributed by atoms with Crippen LogP contribution >= 0.6 is 15.9 Å². The number of hydrogen-bond donors (Lipinski definition) is 0. The Morgan fingerprint density at radius 2 is 1.80 bits per heavy atom. The predicted molar refractivity (Wildman–Crippen MR) is 62.1 cm³/mol. The lowest BCUT2D eigenvalue weighted by Gasteiger charge is -2.20. The van der Waals surface area contributed by atoms with Crippen LogP contribution in [0.4, 0.5) is 8.78 Å². The summed E-state index contributed by atoms with van der Waals surface area (Å²) in [7, 11) is 0. The van der Waals surface area contributed by atoms with E-state index in [0.717, 1.165) is 18.9 Å². The lowest BCUT2D eigenvalue weighted by Crippen LogP contribution is -2.07. The molecule has 0 amide bonds. The molecule has 15 heavy (non-hydrogen) atoms. The van der Waals surface area contributed by atoms with E-state index in [1.54, 1.807) is 0 Å². The Morgan fingerprint density at radius 3 is 2.27 bits per heavy atom. The topological polar surface area (TPSA) is 0 Å². The smallest absolute Gasteiger partial charge is 0.130 e. The van der Waals surface area contributed by atoms with Crippen LogP contribution in [0.3, 0.4) is 0 Å². The molecule has 1 unspecified atom stereocenters. The van der Waals surface area contributed by atoms with Gasteiger partial charge in [0.1, 0.15) is 11.6 Å². The zero-order chi connectivity index (χ0) is 11.4. The van der Waals surface area contributed by atoms with Gasteiger partial charge in [0.05, 0.1) is 0 Å². The summed E-state index contributed by atoms with van der Waals surface area (Å²) in [5.41, 5.74) is 0.546. The van der Waals surface area contributed by atoms with Crippen LogP contribution in [-0.2, 0) is 0 Å². The average Bonchev–Trinajstić information content (AvgIpc) is 2.19. The molecule has 0 saturated carbocycles. The third-order valence-corrected chi connectivity index (χ3v) is 3.96. The molecule has 0 saturated heterocycles. The van der Waals surface area contributed by atoms with Crippen LogP contribution in [0.25, 0.3) is 0 Å². The number of halogens is 3. The molecule has 0 N–H and O–H groups in total. The molecule has 0 aromatic heterocycles. The standard InChI is InChI=1S/C12H15BrF2/c1-3-8(4-2)12(13)10-6-5-9(14)7-11(10)15/h5-8,12H,3-4H2,1-2H3. The molecule has 0 radical (unpaired) electrons. The first kappa shape index (κ1) is 12.6. The van der Waals surface area contributed by atoms with Crippen molar-refractivity contribution in [2.75, 3.05) is 0 Å². The second-order valence-electron chi connectivity index (χ2n) is 3.64. The number of hydrogen-bond acceptors (Lipinski definition) is 0. The van der Waals surface area contributed by atoms with E-state index < -0.39 is 11.6 Å². The maximum Gasteiger partial charge on any atom is 0.130 e. The van der Waals surface area contributed by atoms with Crippen molar-refractivity contribution in [2.24, 2.45) is 5.92 Å².